The van der Waals surface area contributed by atoms with Crippen LogP contribution in [0.1, 0.15) is 89.7 Å². The van der Waals surface area contributed by atoms with Crippen LogP contribution in [0.15, 0.2) is 65.5 Å². The van der Waals surface area contributed by atoms with Crippen LogP contribution in [0.2, 0.25) is 0 Å². The zero-order valence-corrected chi connectivity index (χ0v) is 31.5. The maximum atomic E-state index is 12.9. The van der Waals surface area contributed by atoms with Crippen LogP contribution in [0.3, 0.4) is 0 Å². The van der Waals surface area contributed by atoms with Crippen LogP contribution in [0.5, 0.6) is 5.88 Å². The number of benzene rings is 2. The Hall–Kier alpha value is -6.04. The van der Waals surface area contributed by atoms with Crippen molar-refractivity contribution < 1.29 is 45.2 Å². The predicted octanol–water partition coefficient (Wildman–Crippen LogP) is 7.10. The standard InChI is InChI=1S/C20H20F3N3O5S.C17H17N3O3/c1-5-30-19(27)14-10-15(31-32(28,29)20(21,22)23)24-18-16(14)17(11(2)3)25-26(18)13-8-6-7-12(4)9-13;1-9(2)15-14-12(17(22)23)8-13(21)18-16(14)20(19-15)11-6-4-5-10(3)7-11/h6-11H,5H2,1-4H3;4-9H,1-3H3,(H,18,21)(H,22,23). The fourth-order valence-corrected chi connectivity index (χ4v) is 6.13. The largest absolute Gasteiger partial charge is 0.534 e. The van der Waals surface area contributed by atoms with Gasteiger partial charge in [0.1, 0.15) is 5.65 Å². The highest BCUT2D eigenvalue weighted by molar-refractivity contribution is 7.87. The number of rotatable bonds is 9. The number of carbonyl (C=O) groups excluding carboxylic acids is 1. The molecule has 0 aliphatic carbocycles. The molecule has 0 spiro atoms. The van der Waals surface area contributed by atoms with Gasteiger partial charge in [-0.15, -0.1) is 0 Å². The van der Waals surface area contributed by atoms with Gasteiger partial charge in [-0.05, 0) is 68.0 Å². The maximum absolute atomic E-state index is 12.9. The molecule has 18 heteroatoms. The first-order valence-electron chi connectivity index (χ1n) is 16.9. The first kappa shape index (κ1) is 40.2. The van der Waals surface area contributed by atoms with Gasteiger partial charge in [0.05, 0.1) is 51.3 Å². The SMILES string of the molecule is CCOC(=O)c1cc(OS(=O)(=O)C(F)(F)F)nc2c1c(C(C)C)nn2-c1cccc(C)c1.Cc1cccc(-n2nc(C(C)C)c3c(C(=O)O)cc(=O)[nH]c32)c1. The molecule has 4 heterocycles. The minimum absolute atomic E-state index is 0.0112. The highest BCUT2D eigenvalue weighted by Gasteiger charge is 2.49. The summed E-state index contributed by atoms with van der Waals surface area (Å²) in [6, 6.07) is 16.6. The van der Waals surface area contributed by atoms with Crippen molar-refractivity contribution in [1.29, 1.82) is 0 Å². The Morgan fingerprint density at radius 1 is 0.855 bits per heavy atom. The van der Waals surface area contributed by atoms with Crippen LogP contribution in [-0.4, -0.2) is 67.1 Å². The predicted molar refractivity (Wildman–Crippen MR) is 197 cm³/mol. The molecule has 0 saturated heterocycles. The Labute approximate surface area is 312 Å². The molecular formula is C37H37F3N6O8S. The van der Waals surface area contributed by atoms with Crippen molar-refractivity contribution in [2.45, 2.75) is 65.8 Å². The Kier molecular flexibility index (Phi) is 11.2. The lowest BCUT2D eigenvalue weighted by Gasteiger charge is -2.11. The Morgan fingerprint density at radius 3 is 1.91 bits per heavy atom. The zero-order valence-electron chi connectivity index (χ0n) is 30.7. The number of ether oxygens (including phenoxy) is 1. The number of H-pyrrole nitrogens is 1. The van der Waals surface area contributed by atoms with Crippen molar-refractivity contribution in [3.8, 4) is 17.3 Å². The molecule has 0 atom stereocenters. The lowest BCUT2D eigenvalue weighted by Crippen LogP contribution is -2.28. The normalized spacial score (nSPS) is 11.9. The summed E-state index contributed by atoms with van der Waals surface area (Å²) < 4.78 is 73.9. The minimum atomic E-state index is -6.01. The highest BCUT2D eigenvalue weighted by Crippen LogP contribution is 2.34. The number of hydrogen-bond acceptors (Lipinski definition) is 10. The smallest absolute Gasteiger partial charge is 0.478 e. The van der Waals surface area contributed by atoms with E-state index in [9.17, 15) is 41.1 Å². The lowest BCUT2D eigenvalue weighted by atomic mass is 10.0. The van der Waals surface area contributed by atoms with Gasteiger partial charge in [-0.3, -0.25) is 4.79 Å². The monoisotopic (exact) mass is 782 g/mol. The van der Waals surface area contributed by atoms with E-state index in [1.54, 1.807) is 29.8 Å². The summed E-state index contributed by atoms with van der Waals surface area (Å²) in [6.45, 7) is 12.9. The average molecular weight is 783 g/mol. The van der Waals surface area contributed by atoms with Gasteiger partial charge in [0.2, 0.25) is 11.4 Å². The summed E-state index contributed by atoms with van der Waals surface area (Å²) in [7, 11) is -6.01. The van der Waals surface area contributed by atoms with E-state index in [1.165, 1.54) is 4.68 Å². The molecule has 0 bridgehead atoms. The van der Waals surface area contributed by atoms with E-state index < -0.39 is 39.0 Å². The maximum Gasteiger partial charge on any atom is 0.534 e. The van der Waals surface area contributed by atoms with Crippen molar-refractivity contribution in [2.24, 2.45) is 0 Å². The molecule has 290 valence electrons. The van der Waals surface area contributed by atoms with Crippen LogP contribution in [0.25, 0.3) is 33.4 Å². The molecule has 0 saturated carbocycles. The average Bonchev–Trinajstić information content (AvgIpc) is 3.67. The molecule has 0 aliphatic heterocycles. The number of alkyl halides is 3. The number of aromatic nitrogens is 6. The number of halogens is 3. The quantitative estimate of drug-likeness (QED) is 0.0865. The fraction of sp³-hybridized carbons (Fsp3) is 0.297. The molecule has 0 radical (unpaired) electrons. The molecular weight excluding hydrogens is 746 g/mol. The van der Waals surface area contributed by atoms with Gasteiger partial charge < -0.3 is 19.0 Å². The second kappa shape index (κ2) is 15.4. The number of carboxylic acids is 1. The number of carbonyl (C=O) groups is 2. The van der Waals surface area contributed by atoms with E-state index in [2.05, 4.69) is 24.3 Å². The van der Waals surface area contributed by atoms with Crippen molar-refractivity contribution in [3.63, 3.8) is 0 Å². The molecule has 14 nitrogen and oxygen atoms in total. The topological polar surface area (TPSA) is 188 Å². The van der Waals surface area contributed by atoms with E-state index in [0.717, 1.165) is 28.9 Å². The number of nitrogens with one attached hydrogen (secondary N) is 1. The first-order valence-corrected chi connectivity index (χ1v) is 18.3. The molecule has 2 aromatic carbocycles. The van der Waals surface area contributed by atoms with Crippen LogP contribution in [0.4, 0.5) is 13.2 Å². The summed E-state index contributed by atoms with van der Waals surface area (Å²) in [4.78, 5) is 42.8. The number of esters is 1. The van der Waals surface area contributed by atoms with E-state index in [-0.39, 0.29) is 40.6 Å². The van der Waals surface area contributed by atoms with E-state index in [0.29, 0.717) is 28.1 Å². The molecule has 6 aromatic rings. The zero-order chi connectivity index (χ0) is 40.6. The number of fused-ring (bicyclic) bond motifs is 2. The van der Waals surface area contributed by atoms with Crippen molar-refractivity contribution in [3.05, 3.63) is 105 Å². The number of aromatic carboxylic acids is 1. The van der Waals surface area contributed by atoms with Crippen molar-refractivity contribution in [2.75, 3.05) is 6.61 Å². The molecule has 0 aliphatic rings. The Morgan fingerprint density at radius 2 is 1.40 bits per heavy atom. The number of pyridine rings is 2. The number of hydrogen-bond donors (Lipinski definition) is 2. The fourth-order valence-electron chi connectivity index (χ4n) is 5.73. The second-order valence-electron chi connectivity index (χ2n) is 13.1. The van der Waals surface area contributed by atoms with Crippen LogP contribution in [-0.2, 0) is 14.9 Å². The van der Waals surface area contributed by atoms with Gasteiger partial charge in [0.15, 0.2) is 5.65 Å². The van der Waals surface area contributed by atoms with Gasteiger partial charge in [0.25, 0.3) is 0 Å². The molecule has 0 fully saturated rings. The van der Waals surface area contributed by atoms with E-state index in [4.69, 9.17) is 4.74 Å². The third kappa shape index (κ3) is 8.23. The van der Waals surface area contributed by atoms with Crippen LogP contribution >= 0.6 is 0 Å². The molecule has 6 rings (SSSR count). The summed E-state index contributed by atoms with van der Waals surface area (Å²) in [5.74, 6) is -3.12. The molecule has 0 unspecified atom stereocenters. The number of nitrogens with zero attached hydrogens (tertiary/aromatic N) is 5. The summed E-state index contributed by atoms with van der Waals surface area (Å²) in [6.07, 6.45) is 0. The van der Waals surface area contributed by atoms with Gasteiger partial charge in [-0.1, -0.05) is 52.0 Å². The Balaban J connectivity index is 0.000000222. The van der Waals surface area contributed by atoms with E-state index >= 15 is 0 Å². The van der Waals surface area contributed by atoms with Gasteiger partial charge in [-0.25, -0.2) is 19.0 Å². The first-order chi connectivity index (χ1) is 25.7. The summed E-state index contributed by atoms with van der Waals surface area (Å²) in [5, 5.41) is 19.2. The summed E-state index contributed by atoms with van der Waals surface area (Å²) in [5.41, 5.74) is -1.70. The molecule has 2 N–H and O–H groups in total. The third-order valence-electron chi connectivity index (χ3n) is 8.13. The second-order valence-corrected chi connectivity index (χ2v) is 14.6. The Bertz CT molecular complexity index is 2610. The molecule has 0 amide bonds. The number of aryl methyl sites for hydroxylation is 2. The number of aromatic amines is 1. The van der Waals surface area contributed by atoms with Crippen molar-refractivity contribution in [1.82, 2.24) is 29.5 Å². The molecule has 4 aromatic heterocycles. The van der Waals surface area contributed by atoms with Crippen LogP contribution < -0.4 is 9.74 Å². The van der Waals surface area contributed by atoms with E-state index in [1.807, 2.05) is 71.9 Å². The lowest BCUT2D eigenvalue weighted by molar-refractivity contribution is -0.0501. The minimum Gasteiger partial charge on any atom is -0.478 e. The van der Waals surface area contributed by atoms with Crippen molar-refractivity contribution >= 4 is 44.1 Å². The number of carboxylic acid groups (broad SMARTS) is 1. The van der Waals surface area contributed by atoms with Gasteiger partial charge in [0, 0.05) is 12.1 Å². The summed E-state index contributed by atoms with van der Waals surface area (Å²) >= 11 is 0. The third-order valence-corrected chi connectivity index (χ3v) is 9.09. The highest BCUT2D eigenvalue weighted by atomic mass is 32.2. The van der Waals surface area contributed by atoms with Crippen LogP contribution in [0, 0.1) is 13.8 Å². The van der Waals surface area contributed by atoms with Gasteiger partial charge >= 0.3 is 27.6 Å². The van der Waals surface area contributed by atoms with Gasteiger partial charge in [-0.2, -0.15) is 36.8 Å². The molecule has 55 heavy (non-hydrogen) atoms.